The van der Waals surface area contributed by atoms with Crippen LogP contribution in [-0.4, -0.2) is 34.9 Å². The zero-order chi connectivity index (χ0) is 20.1. The number of benzene rings is 3. The fourth-order valence-corrected chi connectivity index (χ4v) is 4.29. The van der Waals surface area contributed by atoms with Gasteiger partial charge in [-0.3, -0.25) is 9.59 Å². The molecular weight excluding hydrogens is 364 g/mol. The largest absolute Gasteiger partial charge is 0.508 e. The van der Waals surface area contributed by atoms with Crippen molar-refractivity contribution in [3.8, 4) is 5.75 Å². The summed E-state index contributed by atoms with van der Waals surface area (Å²) in [5.74, 6) is 0.332. The van der Waals surface area contributed by atoms with Crippen LogP contribution in [0.2, 0.25) is 0 Å². The third kappa shape index (κ3) is 2.78. The van der Waals surface area contributed by atoms with E-state index in [4.69, 9.17) is 0 Å². The first-order chi connectivity index (χ1) is 14.0. The smallest absolute Gasteiger partial charge is 0.258 e. The molecule has 2 aliphatic heterocycles. The molecule has 0 radical (unpaired) electrons. The van der Waals surface area contributed by atoms with Gasteiger partial charge in [-0.05, 0) is 34.7 Å². The molecule has 2 aliphatic rings. The average Bonchev–Trinajstić information content (AvgIpc) is 3.02. The predicted octanol–water partition coefficient (Wildman–Crippen LogP) is 3.82. The summed E-state index contributed by atoms with van der Waals surface area (Å²) in [5.41, 5.74) is 3.54. The molecule has 0 aliphatic carbocycles. The van der Waals surface area contributed by atoms with Crippen LogP contribution in [0.25, 0.3) is 10.8 Å². The highest BCUT2D eigenvalue weighted by molar-refractivity contribution is 6.14. The van der Waals surface area contributed by atoms with Crippen molar-refractivity contribution in [2.75, 3.05) is 18.0 Å². The van der Waals surface area contributed by atoms with Crippen molar-refractivity contribution in [2.24, 2.45) is 0 Å². The minimum atomic E-state index is -0.0561. The van der Waals surface area contributed by atoms with Gasteiger partial charge in [0, 0.05) is 36.0 Å². The molecular formula is C24H20N2O3. The van der Waals surface area contributed by atoms with Gasteiger partial charge in [-0.25, -0.2) is 0 Å². The van der Waals surface area contributed by atoms with E-state index in [0.29, 0.717) is 25.2 Å². The normalized spacial score (nSPS) is 16.1. The number of carbonyl (C=O) groups excluding carboxylic acids is 2. The third-order valence-corrected chi connectivity index (χ3v) is 5.89. The minimum absolute atomic E-state index is 0.0421. The number of amides is 2. The molecule has 3 aromatic carbocycles. The maximum absolute atomic E-state index is 13.1. The summed E-state index contributed by atoms with van der Waals surface area (Å²) >= 11 is 0. The standard InChI is InChI=1S/C24H20N2O3/c1-2-23(28)25-12-18(13-25)15-7-8-21-17(9-15)14-26(24(21)29)22-11-19(27)10-16-5-3-4-6-20(16)22/h2-11,18,27H,1,12-14H2. The monoisotopic (exact) mass is 384 g/mol. The van der Waals surface area contributed by atoms with Crippen molar-refractivity contribution in [1.82, 2.24) is 4.90 Å². The van der Waals surface area contributed by atoms with Gasteiger partial charge in [0.05, 0.1) is 12.2 Å². The molecule has 0 saturated carbocycles. The maximum Gasteiger partial charge on any atom is 0.258 e. The topological polar surface area (TPSA) is 60.9 Å². The molecule has 2 amide bonds. The second-order valence-corrected chi connectivity index (χ2v) is 7.64. The molecule has 0 spiro atoms. The minimum Gasteiger partial charge on any atom is -0.508 e. The number of hydrogen-bond acceptors (Lipinski definition) is 3. The zero-order valence-electron chi connectivity index (χ0n) is 15.8. The summed E-state index contributed by atoms with van der Waals surface area (Å²) in [6, 6.07) is 17.0. The summed E-state index contributed by atoms with van der Waals surface area (Å²) in [7, 11) is 0. The van der Waals surface area contributed by atoms with Gasteiger partial charge in [0.1, 0.15) is 5.75 Å². The quantitative estimate of drug-likeness (QED) is 0.699. The summed E-state index contributed by atoms with van der Waals surface area (Å²) < 4.78 is 0. The highest BCUT2D eigenvalue weighted by Gasteiger charge is 2.34. The van der Waals surface area contributed by atoms with Crippen LogP contribution >= 0.6 is 0 Å². The predicted molar refractivity (Wildman–Crippen MR) is 112 cm³/mol. The first kappa shape index (κ1) is 17.5. The Bertz CT molecular complexity index is 1180. The molecule has 0 unspecified atom stereocenters. The average molecular weight is 384 g/mol. The van der Waals surface area contributed by atoms with E-state index in [0.717, 1.165) is 27.6 Å². The summed E-state index contributed by atoms with van der Waals surface area (Å²) in [4.78, 5) is 28.2. The van der Waals surface area contributed by atoms with Gasteiger partial charge in [0.2, 0.25) is 5.91 Å². The Morgan fingerprint density at radius 1 is 1.10 bits per heavy atom. The van der Waals surface area contributed by atoms with Gasteiger partial charge < -0.3 is 14.9 Å². The Morgan fingerprint density at radius 3 is 2.69 bits per heavy atom. The number of carbonyl (C=O) groups is 2. The summed E-state index contributed by atoms with van der Waals surface area (Å²) in [5, 5.41) is 12.0. The van der Waals surface area contributed by atoms with Crippen LogP contribution in [-0.2, 0) is 11.3 Å². The van der Waals surface area contributed by atoms with Crippen LogP contribution in [0.5, 0.6) is 5.75 Å². The van der Waals surface area contributed by atoms with E-state index in [1.807, 2.05) is 36.4 Å². The van der Waals surface area contributed by atoms with E-state index in [1.54, 1.807) is 21.9 Å². The van der Waals surface area contributed by atoms with E-state index >= 15 is 0 Å². The van der Waals surface area contributed by atoms with Gasteiger partial charge in [-0.1, -0.05) is 43.0 Å². The Morgan fingerprint density at radius 2 is 1.90 bits per heavy atom. The van der Waals surface area contributed by atoms with Crippen LogP contribution in [0.15, 0.2) is 67.3 Å². The van der Waals surface area contributed by atoms with Gasteiger partial charge in [0.25, 0.3) is 5.91 Å². The van der Waals surface area contributed by atoms with Gasteiger partial charge in [-0.2, -0.15) is 0 Å². The molecule has 0 atom stereocenters. The Hall–Kier alpha value is -3.60. The van der Waals surface area contributed by atoms with Crippen molar-refractivity contribution in [3.05, 3.63) is 83.9 Å². The molecule has 3 aromatic rings. The zero-order valence-corrected chi connectivity index (χ0v) is 15.8. The Kier molecular flexibility index (Phi) is 3.91. The number of nitrogens with zero attached hydrogens (tertiary/aromatic N) is 2. The molecule has 1 N–H and O–H groups in total. The molecule has 0 bridgehead atoms. The van der Waals surface area contributed by atoms with Crippen molar-refractivity contribution < 1.29 is 14.7 Å². The number of anilines is 1. The van der Waals surface area contributed by atoms with Crippen LogP contribution in [0.1, 0.15) is 27.4 Å². The van der Waals surface area contributed by atoms with Gasteiger partial charge in [0.15, 0.2) is 0 Å². The molecule has 1 saturated heterocycles. The van der Waals surface area contributed by atoms with E-state index in [9.17, 15) is 14.7 Å². The fourth-order valence-electron chi connectivity index (χ4n) is 4.29. The number of phenolic OH excluding ortho intramolecular Hbond substituents is 1. The number of phenols is 1. The van der Waals surface area contributed by atoms with E-state index in [2.05, 4.69) is 12.6 Å². The van der Waals surface area contributed by atoms with Crippen LogP contribution < -0.4 is 4.90 Å². The van der Waals surface area contributed by atoms with Crippen molar-refractivity contribution >= 4 is 28.3 Å². The molecule has 5 rings (SSSR count). The lowest BCUT2D eigenvalue weighted by Crippen LogP contribution is -2.47. The highest BCUT2D eigenvalue weighted by atomic mass is 16.3. The van der Waals surface area contributed by atoms with Crippen molar-refractivity contribution in [2.45, 2.75) is 12.5 Å². The lowest BCUT2D eigenvalue weighted by atomic mass is 9.89. The summed E-state index contributed by atoms with van der Waals surface area (Å²) in [6.07, 6.45) is 1.34. The molecule has 0 aromatic heterocycles. The number of aromatic hydroxyl groups is 1. The molecule has 144 valence electrons. The highest BCUT2D eigenvalue weighted by Crippen LogP contribution is 2.38. The van der Waals surface area contributed by atoms with Crippen LogP contribution in [0, 0.1) is 0 Å². The molecule has 1 fully saturated rings. The molecule has 5 nitrogen and oxygen atoms in total. The third-order valence-electron chi connectivity index (χ3n) is 5.89. The molecule has 2 heterocycles. The van der Waals surface area contributed by atoms with Gasteiger partial charge >= 0.3 is 0 Å². The van der Waals surface area contributed by atoms with Crippen LogP contribution in [0.4, 0.5) is 5.69 Å². The maximum atomic E-state index is 13.1. The fraction of sp³-hybridized carbons (Fsp3) is 0.167. The lowest BCUT2D eigenvalue weighted by Gasteiger charge is -2.39. The lowest BCUT2D eigenvalue weighted by molar-refractivity contribution is -0.130. The molecule has 29 heavy (non-hydrogen) atoms. The number of likely N-dealkylation sites (tertiary alicyclic amines) is 1. The number of fused-ring (bicyclic) bond motifs is 2. The van der Waals surface area contributed by atoms with Crippen molar-refractivity contribution in [1.29, 1.82) is 0 Å². The van der Waals surface area contributed by atoms with Crippen molar-refractivity contribution in [3.63, 3.8) is 0 Å². The first-order valence-electron chi connectivity index (χ1n) is 9.63. The van der Waals surface area contributed by atoms with E-state index in [1.165, 1.54) is 6.08 Å². The number of hydrogen-bond donors (Lipinski definition) is 1. The van der Waals surface area contributed by atoms with E-state index in [-0.39, 0.29) is 23.5 Å². The van der Waals surface area contributed by atoms with Crippen LogP contribution in [0.3, 0.4) is 0 Å². The Balaban J connectivity index is 1.45. The van der Waals surface area contributed by atoms with Gasteiger partial charge in [-0.15, -0.1) is 0 Å². The Labute approximate surface area is 168 Å². The first-order valence-corrected chi connectivity index (χ1v) is 9.63. The second-order valence-electron chi connectivity index (χ2n) is 7.64. The SMILES string of the molecule is C=CC(=O)N1CC(c2ccc3c(c2)CN(c2cc(O)cc4ccccc24)C3=O)C1. The van der Waals surface area contributed by atoms with E-state index < -0.39 is 0 Å². The second kappa shape index (κ2) is 6.48. The number of rotatable bonds is 3. The molecule has 5 heteroatoms. The summed E-state index contributed by atoms with van der Waals surface area (Å²) in [6.45, 7) is 5.36.